The van der Waals surface area contributed by atoms with Gasteiger partial charge < -0.3 is 15.7 Å². The molecule has 0 aliphatic carbocycles. The van der Waals surface area contributed by atoms with Crippen LogP contribution in [-0.2, 0) is 20.8 Å². The third-order valence-electron chi connectivity index (χ3n) is 2.75. The first-order valence-electron chi connectivity index (χ1n) is 6.88. The van der Waals surface area contributed by atoms with Crippen LogP contribution in [0.1, 0.15) is 31.7 Å². The molecule has 114 valence electrons. The lowest BCUT2D eigenvalue weighted by atomic mass is 10.1. The van der Waals surface area contributed by atoms with E-state index in [0.717, 1.165) is 0 Å². The molecule has 3 N–H and O–H groups in total. The van der Waals surface area contributed by atoms with Gasteiger partial charge >= 0.3 is 5.97 Å². The fourth-order valence-electron chi connectivity index (χ4n) is 1.85. The Kier molecular flexibility index (Phi) is 6.94. The van der Waals surface area contributed by atoms with E-state index in [-0.39, 0.29) is 24.7 Å². The van der Waals surface area contributed by atoms with Gasteiger partial charge in [0, 0.05) is 25.1 Å². The van der Waals surface area contributed by atoms with Crippen LogP contribution in [0.2, 0.25) is 0 Å². The molecule has 0 atom stereocenters. The number of hydrogen-bond donors (Lipinski definition) is 3. The number of carbonyl (C=O) groups excluding carboxylic acids is 2. The molecular formula is C15H20N2O4. The molecule has 0 spiro atoms. The van der Waals surface area contributed by atoms with E-state index in [2.05, 4.69) is 10.6 Å². The highest BCUT2D eigenvalue weighted by molar-refractivity contribution is 5.91. The van der Waals surface area contributed by atoms with Gasteiger partial charge in [0.2, 0.25) is 11.8 Å². The van der Waals surface area contributed by atoms with Crippen LogP contribution >= 0.6 is 0 Å². The Balaban J connectivity index is 2.40. The number of aliphatic carboxylic acids is 1. The van der Waals surface area contributed by atoms with E-state index in [4.69, 9.17) is 5.11 Å². The zero-order valence-corrected chi connectivity index (χ0v) is 12.0. The average Bonchev–Trinajstić information content (AvgIpc) is 2.38. The molecule has 0 heterocycles. The van der Waals surface area contributed by atoms with E-state index in [1.807, 2.05) is 6.92 Å². The lowest BCUT2D eigenvalue weighted by Crippen LogP contribution is -2.22. The van der Waals surface area contributed by atoms with Crippen molar-refractivity contribution in [1.82, 2.24) is 5.32 Å². The molecule has 1 rings (SSSR count). The topological polar surface area (TPSA) is 95.5 Å². The van der Waals surface area contributed by atoms with E-state index in [0.29, 0.717) is 30.6 Å². The monoisotopic (exact) mass is 292 g/mol. The summed E-state index contributed by atoms with van der Waals surface area (Å²) >= 11 is 0. The molecule has 0 aliphatic heterocycles. The van der Waals surface area contributed by atoms with E-state index in [1.54, 1.807) is 24.3 Å². The third kappa shape index (κ3) is 7.10. The first-order valence-corrected chi connectivity index (χ1v) is 6.88. The predicted octanol–water partition coefficient (Wildman–Crippen LogP) is 1.56. The van der Waals surface area contributed by atoms with Gasteiger partial charge in [-0.05, 0) is 31.0 Å². The lowest BCUT2D eigenvalue weighted by Gasteiger charge is -2.07. The summed E-state index contributed by atoms with van der Waals surface area (Å²) in [7, 11) is 0. The highest BCUT2D eigenvalue weighted by atomic mass is 16.4. The van der Waals surface area contributed by atoms with Crippen LogP contribution in [0.3, 0.4) is 0 Å². The smallest absolute Gasteiger partial charge is 0.307 e. The fraction of sp³-hybridized carbons (Fsp3) is 0.400. The second-order valence-electron chi connectivity index (χ2n) is 4.63. The maximum absolute atomic E-state index is 11.7. The van der Waals surface area contributed by atoms with Crippen molar-refractivity contribution in [2.75, 3.05) is 11.9 Å². The molecule has 1 aromatic carbocycles. The van der Waals surface area contributed by atoms with Crippen LogP contribution in [0.5, 0.6) is 0 Å². The minimum Gasteiger partial charge on any atom is -0.481 e. The number of nitrogens with one attached hydrogen (secondary N) is 2. The summed E-state index contributed by atoms with van der Waals surface area (Å²) in [5.74, 6) is -1.17. The number of rotatable bonds is 8. The minimum atomic E-state index is -0.916. The van der Waals surface area contributed by atoms with Gasteiger partial charge in [-0.15, -0.1) is 0 Å². The number of anilines is 1. The Morgan fingerprint density at radius 1 is 1.14 bits per heavy atom. The third-order valence-corrected chi connectivity index (χ3v) is 2.75. The van der Waals surface area contributed by atoms with Crippen molar-refractivity contribution in [3.63, 3.8) is 0 Å². The van der Waals surface area contributed by atoms with Crippen molar-refractivity contribution in [3.8, 4) is 0 Å². The molecule has 6 nitrogen and oxygen atoms in total. The van der Waals surface area contributed by atoms with Crippen LogP contribution in [0.25, 0.3) is 0 Å². The van der Waals surface area contributed by atoms with E-state index in [1.165, 1.54) is 0 Å². The molecule has 0 unspecified atom stereocenters. The summed E-state index contributed by atoms with van der Waals surface area (Å²) in [5.41, 5.74) is 1.19. The lowest BCUT2D eigenvalue weighted by molar-refractivity contribution is -0.136. The van der Waals surface area contributed by atoms with Gasteiger partial charge in [0.1, 0.15) is 0 Å². The quantitative estimate of drug-likeness (QED) is 0.677. The van der Waals surface area contributed by atoms with Crippen molar-refractivity contribution in [3.05, 3.63) is 29.8 Å². The summed E-state index contributed by atoms with van der Waals surface area (Å²) in [6.07, 6.45) is 0.966. The van der Waals surface area contributed by atoms with Crippen molar-refractivity contribution in [1.29, 1.82) is 0 Å². The Hall–Kier alpha value is -2.37. The van der Waals surface area contributed by atoms with Gasteiger partial charge in [-0.3, -0.25) is 14.4 Å². The maximum Gasteiger partial charge on any atom is 0.307 e. The Morgan fingerprint density at radius 2 is 1.86 bits per heavy atom. The van der Waals surface area contributed by atoms with Gasteiger partial charge in [0.25, 0.3) is 0 Å². The van der Waals surface area contributed by atoms with Crippen LogP contribution in [-0.4, -0.2) is 29.4 Å². The summed E-state index contributed by atoms with van der Waals surface area (Å²) in [6.45, 7) is 2.43. The molecule has 21 heavy (non-hydrogen) atoms. The van der Waals surface area contributed by atoms with Crippen molar-refractivity contribution in [2.24, 2.45) is 0 Å². The SMILES string of the molecule is CCNC(=O)CCCC(=O)Nc1cccc(CC(=O)O)c1. The number of amides is 2. The predicted molar refractivity (Wildman–Crippen MR) is 78.9 cm³/mol. The highest BCUT2D eigenvalue weighted by Crippen LogP contribution is 2.12. The number of carboxylic acids is 1. The van der Waals surface area contributed by atoms with Gasteiger partial charge in [0.05, 0.1) is 6.42 Å². The largest absolute Gasteiger partial charge is 0.481 e. The van der Waals surface area contributed by atoms with Crippen molar-refractivity contribution < 1.29 is 19.5 Å². The second kappa shape index (κ2) is 8.73. The zero-order valence-electron chi connectivity index (χ0n) is 12.0. The number of hydrogen-bond acceptors (Lipinski definition) is 3. The van der Waals surface area contributed by atoms with E-state index < -0.39 is 5.97 Å². The second-order valence-corrected chi connectivity index (χ2v) is 4.63. The first kappa shape index (κ1) is 16.7. The number of carboxylic acid groups (broad SMARTS) is 1. The van der Waals surface area contributed by atoms with Crippen molar-refractivity contribution >= 4 is 23.5 Å². The molecule has 0 aliphatic rings. The van der Waals surface area contributed by atoms with E-state index in [9.17, 15) is 14.4 Å². The minimum absolute atomic E-state index is 0.0613. The van der Waals surface area contributed by atoms with Gasteiger partial charge in [0.15, 0.2) is 0 Å². The van der Waals surface area contributed by atoms with Gasteiger partial charge in [-0.2, -0.15) is 0 Å². The molecule has 0 saturated carbocycles. The normalized spacial score (nSPS) is 9.95. The molecule has 2 amide bonds. The number of carbonyl (C=O) groups is 3. The highest BCUT2D eigenvalue weighted by Gasteiger charge is 2.06. The van der Waals surface area contributed by atoms with Gasteiger partial charge in [-0.25, -0.2) is 0 Å². The molecule has 0 aromatic heterocycles. The molecule has 0 radical (unpaired) electrons. The maximum atomic E-state index is 11.7. The Bertz CT molecular complexity index is 514. The van der Waals surface area contributed by atoms with Crippen LogP contribution < -0.4 is 10.6 Å². The molecular weight excluding hydrogens is 272 g/mol. The molecule has 0 fully saturated rings. The number of benzene rings is 1. The molecule has 6 heteroatoms. The molecule has 0 saturated heterocycles. The molecule has 0 bridgehead atoms. The summed E-state index contributed by atoms with van der Waals surface area (Å²) < 4.78 is 0. The molecule has 1 aromatic rings. The average molecular weight is 292 g/mol. The fourth-order valence-corrected chi connectivity index (χ4v) is 1.85. The van der Waals surface area contributed by atoms with E-state index >= 15 is 0 Å². The van der Waals surface area contributed by atoms with Crippen LogP contribution in [0.15, 0.2) is 24.3 Å². The Labute approximate surface area is 123 Å². The van der Waals surface area contributed by atoms with Gasteiger partial charge in [-0.1, -0.05) is 12.1 Å². The van der Waals surface area contributed by atoms with Crippen LogP contribution in [0, 0.1) is 0 Å². The summed E-state index contributed by atoms with van der Waals surface area (Å²) in [5, 5.41) is 14.1. The van der Waals surface area contributed by atoms with Crippen molar-refractivity contribution in [2.45, 2.75) is 32.6 Å². The summed E-state index contributed by atoms with van der Waals surface area (Å²) in [6, 6.07) is 6.73. The van der Waals surface area contributed by atoms with Crippen LogP contribution in [0.4, 0.5) is 5.69 Å². The Morgan fingerprint density at radius 3 is 2.52 bits per heavy atom. The zero-order chi connectivity index (χ0) is 15.7. The standard InChI is InChI=1S/C15H20N2O4/c1-2-16-13(18)7-4-8-14(19)17-12-6-3-5-11(9-12)10-15(20)21/h3,5-6,9H,2,4,7-8,10H2,1H3,(H,16,18)(H,17,19)(H,20,21). The summed E-state index contributed by atoms with van der Waals surface area (Å²) in [4.78, 5) is 33.6. The first-order chi connectivity index (χ1) is 10.0.